The molecule has 0 radical (unpaired) electrons. The molecule has 3 unspecified atom stereocenters. The van der Waals surface area contributed by atoms with Crippen molar-refractivity contribution in [1.29, 1.82) is 0 Å². The summed E-state index contributed by atoms with van der Waals surface area (Å²) in [6.07, 6.45) is 8.31. The zero-order chi connectivity index (χ0) is 23.5. The maximum absolute atomic E-state index is 12.9. The van der Waals surface area contributed by atoms with Gasteiger partial charge in [-0.3, -0.25) is 19.7 Å². The highest BCUT2D eigenvalue weighted by atomic mass is 32.2. The van der Waals surface area contributed by atoms with Crippen molar-refractivity contribution in [3.63, 3.8) is 0 Å². The van der Waals surface area contributed by atoms with E-state index in [1.54, 1.807) is 4.90 Å². The lowest BCUT2D eigenvalue weighted by molar-refractivity contribution is -0.136. The lowest BCUT2D eigenvalue weighted by Gasteiger charge is -2.29. The number of nitrogens with zero attached hydrogens (tertiary/aromatic N) is 2. The van der Waals surface area contributed by atoms with Crippen molar-refractivity contribution >= 4 is 29.5 Å². The van der Waals surface area contributed by atoms with Gasteiger partial charge in [0, 0.05) is 42.6 Å². The third kappa shape index (κ3) is 5.19. The fraction of sp³-hybridized carbons (Fsp3) is 0.654. The summed E-state index contributed by atoms with van der Waals surface area (Å²) in [6, 6.07) is 6.06. The fourth-order valence-corrected chi connectivity index (χ4v) is 7.03. The summed E-state index contributed by atoms with van der Waals surface area (Å²) >= 11 is 1.82. The second kappa shape index (κ2) is 10.8. The average molecular weight is 485 g/mol. The molecule has 4 heterocycles. The summed E-state index contributed by atoms with van der Waals surface area (Å²) in [4.78, 5) is 42.1. The number of unbranched alkanes of at least 4 members (excludes halogenated alkanes) is 4. The quantitative estimate of drug-likeness (QED) is 0.286. The maximum Gasteiger partial charge on any atom is 0.255 e. The summed E-state index contributed by atoms with van der Waals surface area (Å²) in [5.41, 5.74) is 1.74. The standard InChI is InChI=1S/C26H36N4O3S/c31-24-10-9-22(25(32)28-24)30-16-20-19(26(30)33)7-6-8-23(20)34-14-5-3-1-2-4-12-27-21-17-29-13-11-18(21)15-29/h6-8,18,21-22,27H,1-5,9-17H2,(H,28,31,32)/t18?,21-,22?/m0/s1. The van der Waals surface area contributed by atoms with Gasteiger partial charge in [0.25, 0.3) is 5.91 Å². The molecule has 3 fully saturated rings. The van der Waals surface area contributed by atoms with Crippen LogP contribution in [0.2, 0.25) is 0 Å². The van der Waals surface area contributed by atoms with E-state index in [2.05, 4.69) is 21.6 Å². The lowest BCUT2D eigenvalue weighted by atomic mass is 10.00. The number of fused-ring (bicyclic) bond motifs is 3. The monoisotopic (exact) mass is 484 g/mol. The van der Waals surface area contributed by atoms with Crippen molar-refractivity contribution in [2.45, 2.75) is 74.9 Å². The molecule has 4 atom stereocenters. The van der Waals surface area contributed by atoms with E-state index in [1.165, 1.54) is 58.2 Å². The van der Waals surface area contributed by atoms with Crippen LogP contribution < -0.4 is 10.6 Å². The molecule has 0 aliphatic carbocycles. The van der Waals surface area contributed by atoms with Crippen LogP contribution in [0.15, 0.2) is 23.1 Å². The Hall–Kier alpha value is -1.90. The first kappa shape index (κ1) is 23.8. The van der Waals surface area contributed by atoms with E-state index in [4.69, 9.17) is 0 Å². The predicted molar refractivity (Wildman–Crippen MR) is 133 cm³/mol. The Balaban J connectivity index is 1.00. The van der Waals surface area contributed by atoms with Gasteiger partial charge in [0.2, 0.25) is 11.8 Å². The van der Waals surface area contributed by atoms with Crippen LogP contribution in [0.1, 0.15) is 67.3 Å². The topological polar surface area (TPSA) is 81.8 Å². The summed E-state index contributed by atoms with van der Waals surface area (Å²) in [7, 11) is 0. The number of carbonyl (C=O) groups is 3. The molecule has 34 heavy (non-hydrogen) atoms. The van der Waals surface area contributed by atoms with Gasteiger partial charge in [0.05, 0.1) is 0 Å². The normalized spacial score (nSPS) is 28.0. The molecule has 1 aromatic carbocycles. The van der Waals surface area contributed by atoms with Crippen LogP contribution in [-0.4, -0.2) is 71.5 Å². The zero-order valence-electron chi connectivity index (χ0n) is 19.9. The van der Waals surface area contributed by atoms with Crippen molar-refractivity contribution in [3.05, 3.63) is 29.3 Å². The van der Waals surface area contributed by atoms with E-state index < -0.39 is 6.04 Å². The summed E-state index contributed by atoms with van der Waals surface area (Å²) in [5.74, 6) is 1.23. The number of benzene rings is 1. The Morgan fingerprint density at radius 1 is 1.03 bits per heavy atom. The smallest absolute Gasteiger partial charge is 0.255 e. The number of hydrogen-bond acceptors (Lipinski definition) is 6. The highest BCUT2D eigenvalue weighted by Gasteiger charge is 2.40. The molecule has 3 amide bonds. The Kier molecular flexibility index (Phi) is 7.56. The number of nitrogens with one attached hydrogen (secondary N) is 2. The Morgan fingerprint density at radius 2 is 1.88 bits per heavy atom. The van der Waals surface area contributed by atoms with Crippen LogP contribution in [0.3, 0.4) is 0 Å². The molecule has 4 aliphatic heterocycles. The molecular formula is C26H36N4O3S. The van der Waals surface area contributed by atoms with Crippen LogP contribution in [-0.2, 0) is 16.1 Å². The van der Waals surface area contributed by atoms with E-state index in [0.717, 1.165) is 34.7 Å². The third-order valence-electron chi connectivity index (χ3n) is 7.86. The highest BCUT2D eigenvalue weighted by molar-refractivity contribution is 7.99. The van der Waals surface area contributed by atoms with E-state index in [-0.39, 0.29) is 24.1 Å². The molecule has 8 heteroatoms. The second-order valence-electron chi connectivity index (χ2n) is 10.2. The lowest BCUT2D eigenvalue weighted by Crippen LogP contribution is -2.52. The molecule has 1 aromatic rings. The van der Waals surface area contributed by atoms with E-state index in [0.29, 0.717) is 18.5 Å². The maximum atomic E-state index is 12.9. The molecular weight excluding hydrogens is 448 g/mol. The van der Waals surface area contributed by atoms with Gasteiger partial charge >= 0.3 is 0 Å². The van der Waals surface area contributed by atoms with Gasteiger partial charge in [0.1, 0.15) is 6.04 Å². The minimum atomic E-state index is -0.550. The van der Waals surface area contributed by atoms with Crippen LogP contribution >= 0.6 is 11.8 Å². The van der Waals surface area contributed by atoms with Gasteiger partial charge in [-0.15, -0.1) is 11.8 Å². The number of piperidine rings is 2. The van der Waals surface area contributed by atoms with E-state index in [1.807, 2.05) is 23.9 Å². The molecule has 0 spiro atoms. The molecule has 0 saturated carbocycles. The van der Waals surface area contributed by atoms with E-state index >= 15 is 0 Å². The Morgan fingerprint density at radius 3 is 2.68 bits per heavy atom. The van der Waals surface area contributed by atoms with Crippen LogP contribution in [0.5, 0.6) is 0 Å². The first-order valence-corrected chi connectivity index (χ1v) is 13.9. The number of carbonyl (C=O) groups excluding carboxylic acids is 3. The van der Waals surface area contributed by atoms with Crippen molar-refractivity contribution < 1.29 is 14.4 Å². The van der Waals surface area contributed by atoms with Crippen LogP contribution in [0, 0.1) is 5.92 Å². The first-order valence-electron chi connectivity index (χ1n) is 13.0. The molecule has 0 aromatic heterocycles. The van der Waals surface area contributed by atoms with Crippen molar-refractivity contribution in [1.82, 2.24) is 20.4 Å². The van der Waals surface area contributed by atoms with E-state index in [9.17, 15) is 14.4 Å². The summed E-state index contributed by atoms with van der Waals surface area (Å²) in [5, 5.41) is 6.15. The second-order valence-corrected chi connectivity index (χ2v) is 11.3. The molecule has 4 aliphatic rings. The number of rotatable bonds is 11. The number of thioether (sulfide) groups is 1. The summed E-state index contributed by atoms with van der Waals surface area (Å²) < 4.78 is 0. The molecule has 3 saturated heterocycles. The number of hydrogen-bond donors (Lipinski definition) is 2. The Labute approximate surface area is 206 Å². The minimum Gasteiger partial charge on any atom is -0.322 e. The van der Waals surface area contributed by atoms with Crippen molar-refractivity contribution in [2.75, 3.05) is 31.9 Å². The number of amides is 3. The van der Waals surface area contributed by atoms with Gasteiger partial charge in [-0.2, -0.15) is 0 Å². The SMILES string of the molecule is O=C1CCC(N2Cc3c(SCCCCCCCN[C@H]4CN5CCC4C5)cccc3C2=O)C(=O)N1. The van der Waals surface area contributed by atoms with Gasteiger partial charge in [-0.05, 0) is 68.1 Å². The molecule has 2 N–H and O–H groups in total. The molecule has 184 valence electrons. The molecule has 7 nitrogen and oxygen atoms in total. The molecule has 2 bridgehead atoms. The van der Waals surface area contributed by atoms with Gasteiger partial charge in [-0.1, -0.05) is 25.3 Å². The average Bonchev–Trinajstić information content (AvgIpc) is 3.53. The minimum absolute atomic E-state index is 0.0943. The van der Waals surface area contributed by atoms with Gasteiger partial charge in [0.15, 0.2) is 0 Å². The fourth-order valence-electron chi connectivity index (χ4n) is 5.93. The highest BCUT2D eigenvalue weighted by Crippen LogP contribution is 2.34. The van der Waals surface area contributed by atoms with Crippen molar-refractivity contribution in [2.24, 2.45) is 5.92 Å². The van der Waals surface area contributed by atoms with Gasteiger partial charge in [-0.25, -0.2) is 0 Å². The molecule has 5 rings (SSSR count). The largest absolute Gasteiger partial charge is 0.322 e. The summed E-state index contributed by atoms with van der Waals surface area (Å²) in [6.45, 7) is 5.47. The van der Waals surface area contributed by atoms with Crippen LogP contribution in [0.4, 0.5) is 0 Å². The zero-order valence-corrected chi connectivity index (χ0v) is 20.7. The first-order chi connectivity index (χ1) is 16.6. The van der Waals surface area contributed by atoms with Crippen LogP contribution in [0.25, 0.3) is 0 Å². The Bertz CT molecular complexity index is 939. The van der Waals surface area contributed by atoms with Gasteiger partial charge < -0.3 is 15.1 Å². The van der Waals surface area contributed by atoms with Crippen molar-refractivity contribution in [3.8, 4) is 0 Å². The third-order valence-corrected chi connectivity index (χ3v) is 9.04. The predicted octanol–water partition coefficient (Wildman–Crippen LogP) is 2.78. The number of imide groups is 1.